The number of nitrogens with two attached hydrogens (primary N) is 1. The lowest BCUT2D eigenvalue weighted by Gasteiger charge is -2.21. The van der Waals surface area contributed by atoms with E-state index in [4.69, 9.17) is 10.5 Å². The average Bonchev–Trinajstić information content (AvgIpc) is 3.00. The average molecular weight is 325 g/mol. The van der Waals surface area contributed by atoms with Gasteiger partial charge in [-0.2, -0.15) is 0 Å². The third kappa shape index (κ3) is 4.16. The lowest BCUT2D eigenvalue weighted by Crippen LogP contribution is -2.40. The van der Waals surface area contributed by atoms with Crippen LogP contribution in [-0.2, 0) is 6.42 Å². The van der Waals surface area contributed by atoms with Gasteiger partial charge in [0, 0.05) is 12.0 Å². The van der Waals surface area contributed by atoms with Gasteiger partial charge in [0.25, 0.3) is 0 Å². The highest BCUT2D eigenvalue weighted by molar-refractivity contribution is 5.31. The second-order valence-electron chi connectivity index (χ2n) is 7.11. The van der Waals surface area contributed by atoms with Crippen molar-refractivity contribution in [1.82, 2.24) is 0 Å². The monoisotopic (exact) mass is 325 g/mol. The highest BCUT2D eigenvalue weighted by Gasteiger charge is 2.35. The van der Waals surface area contributed by atoms with Crippen molar-refractivity contribution in [1.29, 1.82) is 0 Å². The normalized spacial score (nSPS) is 23.4. The molecule has 0 aliphatic heterocycles. The zero-order chi connectivity index (χ0) is 17.0. The molecule has 3 heteroatoms. The summed E-state index contributed by atoms with van der Waals surface area (Å²) in [7, 11) is 0. The van der Waals surface area contributed by atoms with Gasteiger partial charge >= 0.3 is 0 Å². The van der Waals surface area contributed by atoms with Crippen LogP contribution >= 0.6 is 0 Å². The first-order chi connectivity index (χ1) is 11.6. The smallest absolute Gasteiger partial charge is 0.119 e. The molecule has 0 spiro atoms. The summed E-state index contributed by atoms with van der Waals surface area (Å²) in [5.41, 5.74) is 9.65. The number of aryl methyl sites for hydroxylation is 1. The van der Waals surface area contributed by atoms with Crippen molar-refractivity contribution >= 4 is 0 Å². The van der Waals surface area contributed by atoms with Crippen molar-refractivity contribution in [3.8, 4) is 5.75 Å². The summed E-state index contributed by atoms with van der Waals surface area (Å²) in [5, 5.41) is 9.40. The summed E-state index contributed by atoms with van der Waals surface area (Å²) < 4.78 is 5.86. The quantitative estimate of drug-likeness (QED) is 0.853. The highest BCUT2D eigenvalue weighted by Crippen LogP contribution is 2.39. The predicted octanol–water partition coefficient (Wildman–Crippen LogP) is 3.57. The molecule has 0 unspecified atom stereocenters. The van der Waals surface area contributed by atoms with Crippen LogP contribution in [0.4, 0.5) is 0 Å². The molecule has 0 bridgehead atoms. The zero-order valence-corrected chi connectivity index (χ0v) is 14.4. The number of aliphatic hydroxyl groups is 1. The molecule has 0 saturated heterocycles. The van der Waals surface area contributed by atoms with Crippen LogP contribution in [0, 0.1) is 6.92 Å². The largest absolute Gasteiger partial charge is 0.493 e. The maximum absolute atomic E-state index is 9.40. The number of aliphatic hydroxyl groups excluding tert-OH is 1. The van der Waals surface area contributed by atoms with E-state index in [1.165, 1.54) is 16.7 Å². The van der Waals surface area contributed by atoms with Gasteiger partial charge in [-0.15, -0.1) is 0 Å². The van der Waals surface area contributed by atoms with E-state index < -0.39 is 5.54 Å². The van der Waals surface area contributed by atoms with Gasteiger partial charge in [0.05, 0.1) is 13.2 Å². The molecule has 3 rings (SSSR count). The molecule has 2 aromatic carbocycles. The van der Waals surface area contributed by atoms with E-state index in [0.717, 1.165) is 31.4 Å². The second kappa shape index (κ2) is 7.37. The van der Waals surface area contributed by atoms with Crippen LogP contribution in [0.25, 0.3) is 0 Å². The van der Waals surface area contributed by atoms with Gasteiger partial charge in [-0.05, 0) is 55.4 Å². The Labute approximate surface area is 144 Å². The van der Waals surface area contributed by atoms with Crippen LogP contribution in [0.3, 0.4) is 0 Å². The molecule has 0 heterocycles. The van der Waals surface area contributed by atoms with Gasteiger partial charge in [0.1, 0.15) is 5.75 Å². The van der Waals surface area contributed by atoms with Crippen LogP contribution in [-0.4, -0.2) is 23.9 Å². The molecule has 3 N–H and O–H groups in total. The van der Waals surface area contributed by atoms with Crippen molar-refractivity contribution in [3.05, 3.63) is 65.2 Å². The summed E-state index contributed by atoms with van der Waals surface area (Å²) in [5.74, 6) is 1.36. The Hall–Kier alpha value is -1.84. The molecule has 128 valence electrons. The Morgan fingerprint density at radius 3 is 2.46 bits per heavy atom. The molecule has 0 aromatic heterocycles. The van der Waals surface area contributed by atoms with E-state index in [2.05, 4.69) is 43.3 Å². The molecule has 1 saturated carbocycles. The van der Waals surface area contributed by atoms with E-state index in [1.54, 1.807) is 0 Å². The minimum atomic E-state index is -0.395. The van der Waals surface area contributed by atoms with E-state index >= 15 is 0 Å². The van der Waals surface area contributed by atoms with Gasteiger partial charge in [-0.3, -0.25) is 0 Å². The second-order valence-corrected chi connectivity index (χ2v) is 7.11. The minimum absolute atomic E-state index is 0.0731. The molecule has 0 radical (unpaired) electrons. The Morgan fingerprint density at radius 2 is 1.83 bits per heavy atom. The van der Waals surface area contributed by atoms with Crippen molar-refractivity contribution in [3.63, 3.8) is 0 Å². The molecule has 24 heavy (non-hydrogen) atoms. The van der Waals surface area contributed by atoms with Gasteiger partial charge < -0.3 is 15.6 Å². The first-order valence-electron chi connectivity index (χ1n) is 8.76. The van der Waals surface area contributed by atoms with Crippen molar-refractivity contribution in [2.24, 2.45) is 5.73 Å². The maximum atomic E-state index is 9.40. The summed E-state index contributed by atoms with van der Waals surface area (Å²) in [6.07, 6.45) is 3.71. The van der Waals surface area contributed by atoms with Crippen LogP contribution in [0.15, 0.2) is 48.5 Å². The van der Waals surface area contributed by atoms with Crippen LogP contribution in [0.2, 0.25) is 0 Å². The summed E-state index contributed by atoms with van der Waals surface area (Å²) >= 11 is 0. The standard InChI is InChI=1S/C21H27NO2/c1-16-2-4-17(5-3-16)11-13-24-20-8-6-18(7-9-20)19-10-12-21(22,14-19)15-23/h2-9,19,23H,10-15,22H2,1H3/t19-,21-/m1/s1. The molecule has 3 nitrogen and oxygen atoms in total. The fourth-order valence-corrected chi connectivity index (χ4v) is 3.46. The third-order valence-electron chi connectivity index (χ3n) is 5.09. The van der Waals surface area contributed by atoms with Crippen molar-refractivity contribution in [2.75, 3.05) is 13.2 Å². The third-order valence-corrected chi connectivity index (χ3v) is 5.09. The van der Waals surface area contributed by atoms with Crippen molar-refractivity contribution in [2.45, 2.75) is 44.1 Å². The Bertz CT molecular complexity index is 651. The van der Waals surface area contributed by atoms with E-state index in [1.807, 2.05) is 12.1 Å². The van der Waals surface area contributed by atoms with Crippen LogP contribution in [0.5, 0.6) is 5.75 Å². The first kappa shape index (κ1) is 17.0. The molecular weight excluding hydrogens is 298 g/mol. The molecule has 2 aromatic rings. The first-order valence-corrected chi connectivity index (χ1v) is 8.76. The molecular formula is C21H27NO2. The molecule has 1 aliphatic carbocycles. The van der Waals surface area contributed by atoms with Gasteiger partial charge in [-0.25, -0.2) is 0 Å². The van der Waals surface area contributed by atoms with E-state index in [0.29, 0.717) is 12.5 Å². The van der Waals surface area contributed by atoms with Crippen LogP contribution < -0.4 is 10.5 Å². The lowest BCUT2D eigenvalue weighted by atomic mass is 9.94. The fraction of sp³-hybridized carbons (Fsp3) is 0.429. The molecule has 1 aliphatic rings. The SMILES string of the molecule is Cc1ccc(CCOc2ccc([C@@H]3CC[C@](N)(CO)C3)cc2)cc1. The van der Waals surface area contributed by atoms with E-state index in [9.17, 15) is 5.11 Å². The van der Waals surface area contributed by atoms with E-state index in [-0.39, 0.29) is 6.61 Å². The number of benzene rings is 2. The summed E-state index contributed by atoms with van der Waals surface area (Å²) in [6.45, 7) is 2.85. The Balaban J connectivity index is 1.51. The van der Waals surface area contributed by atoms with Gasteiger partial charge in [-0.1, -0.05) is 42.0 Å². The fourth-order valence-electron chi connectivity index (χ4n) is 3.46. The number of rotatable bonds is 6. The number of ether oxygens (including phenoxy) is 1. The topological polar surface area (TPSA) is 55.5 Å². The Morgan fingerprint density at radius 1 is 1.12 bits per heavy atom. The number of hydrogen-bond acceptors (Lipinski definition) is 3. The van der Waals surface area contributed by atoms with Crippen LogP contribution in [0.1, 0.15) is 41.9 Å². The molecule has 0 amide bonds. The lowest BCUT2D eigenvalue weighted by molar-refractivity contribution is 0.198. The number of hydrogen-bond donors (Lipinski definition) is 2. The van der Waals surface area contributed by atoms with Gasteiger partial charge in [0.2, 0.25) is 0 Å². The highest BCUT2D eigenvalue weighted by atomic mass is 16.5. The summed E-state index contributed by atoms with van der Waals surface area (Å²) in [6, 6.07) is 16.9. The van der Waals surface area contributed by atoms with Crippen molar-refractivity contribution < 1.29 is 9.84 Å². The predicted molar refractivity (Wildman–Crippen MR) is 97.4 cm³/mol. The molecule has 1 fully saturated rings. The molecule has 2 atom stereocenters. The maximum Gasteiger partial charge on any atom is 0.119 e. The minimum Gasteiger partial charge on any atom is -0.493 e. The Kier molecular flexibility index (Phi) is 5.22. The summed E-state index contributed by atoms with van der Waals surface area (Å²) in [4.78, 5) is 0. The van der Waals surface area contributed by atoms with Gasteiger partial charge in [0.15, 0.2) is 0 Å². The zero-order valence-electron chi connectivity index (χ0n) is 14.4.